The van der Waals surface area contributed by atoms with Crippen molar-refractivity contribution < 1.29 is 27.0 Å². The summed E-state index contributed by atoms with van der Waals surface area (Å²) in [7, 11) is 1.39. The summed E-state index contributed by atoms with van der Waals surface area (Å²) < 4.78 is 65.3. The molecule has 0 aliphatic heterocycles. The highest BCUT2D eigenvalue weighted by molar-refractivity contribution is 5.54. The van der Waals surface area contributed by atoms with E-state index in [2.05, 4.69) is 0 Å². The highest BCUT2D eigenvalue weighted by atomic mass is 19.2. The van der Waals surface area contributed by atoms with E-state index in [1.165, 1.54) is 38.3 Å². The average molecular weight is 312 g/mol. The second-order valence-electron chi connectivity index (χ2n) is 4.28. The van der Waals surface area contributed by atoms with Gasteiger partial charge in [-0.25, -0.2) is 8.78 Å². The number of halogens is 4. The molecule has 2 aromatic rings. The Morgan fingerprint density at radius 1 is 0.909 bits per heavy atom. The summed E-state index contributed by atoms with van der Waals surface area (Å²) in [5, 5.41) is 0. The normalized spacial score (nSPS) is 11.0. The maximum absolute atomic E-state index is 13.9. The minimum absolute atomic E-state index is 0.0188. The Bertz CT molecular complexity index is 697. The second-order valence-corrected chi connectivity index (χ2v) is 4.28. The molecule has 0 bridgehead atoms. The molecule has 0 amide bonds. The van der Waals surface area contributed by atoms with Crippen molar-refractivity contribution in [2.45, 2.75) is 6.92 Å². The fraction of sp³-hybridized carbons (Fsp3) is 0.125. The molecule has 6 heteroatoms. The molecular formula is C16H12F4O2. The Kier molecular flexibility index (Phi) is 4.70. The van der Waals surface area contributed by atoms with Gasteiger partial charge in [0, 0.05) is 6.07 Å². The van der Waals surface area contributed by atoms with Crippen molar-refractivity contribution >= 4 is 6.08 Å². The van der Waals surface area contributed by atoms with Crippen LogP contribution in [-0.4, -0.2) is 7.11 Å². The number of methoxy groups -OCH3 is 1. The smallest absolute Gasteiger partial charge is 0.205 e. The Hall–Kier alpha value is -2.50. The third-order valence-corrected chi connectivity index (χ3v) is 2.85. The molecule has 0 aromatic heterocycles. The van der Waals surface area contributed by atoms with Crippen LogP contribution < -0.4 is 9.47 Å². The maximum Gasteiger partial charge on any atom is 0.205 e. The first-order chi connectivity index (χ1) is 10.5. The van der Waals surface area contributed by atoms with Gasteiger partial charge < -0.3 is 9.47 Å². The Labute approximate surface area is 124 Å². The lowest BCUT2D eigenvalue weighted by Crippen LogP contribution is -2.03. The molecule has 2 rings (SSSR count). The molecule has 0 saturated carbocycles. The molecule has 0 unspecified atom stereocenters. The molecule has 116 valence electrons. The molecule has 22 heavy (non-hydrogen) atoms. The van der Waals surface area contributed by atoms with Crippen molar-refractivity contribution in [3.63, 3.8) is 0 Å². The van der Waals surface area contributed by atoms with Crippen molar-refractivity contribution in [3.05, 3.63) is 59.2 Å². The van der Waals surface area contributed by atoms with Crippen LogP contribution in [0.4, 0.5) is 17.6 Å². The van der Waals surface area contributed by atoms with E-state index in [1.807, 2.05) is 0 Å². The third-order valence-electron chi connectivity index (χ3n) is 2.85. The van der Waals surface area contributed by atoms with E-state index < -0.39 is 34.6 Å². The molecule has 0 N–H and O–H groups in total. The minimum atomic E-state index is -1.60. The predicted octanol–water partition coefficient (Wildman–Crippen LogP) is 5.08. The fourth-order valence-electron chi connectivity index (χ4n) is 1.81. The van der Waals surface area contributed by atoms with Gasteiger partial charge >= 0.3 is 0 Å². The standard InChI is InChI=1S/C16H12F4O2/c1-3-5-11-12(17)14(19)16(15(20)13(11)18)22-10-7-4-6-9(8-10)21-2/h3-8H,1-2H3. The van der Waals surface area contributed by atoms with Crippen LogP contribution >= 0.6 is 0 Å². The summed E-state index contributed by atoms with van der Waals surface area (Å²) >= 11 is 0. The lowest BCUT2D eigenvalue weighted by atomic mass is 10.1. The quantitative estimate of drug-likeness (QED) is 0.579. The van der Waals surface area contributed by atoms with E-state index in [9.17, 15) is 17.6 Å². The van der Waals surface area contributed by atoms with Gasteiger partial charge in [-0.1, -0.05) is 18.2 Å². The topological polar surface area (TPSA) is 18.5 Å². The van der Waals surface area contributed by atoms with Gasteiger partial charge in [-0.3, -0.25) is 0 Å². The number of benzene rings is 2. The van der Waals surface area contributed by atoms with Gasteiger partial charge in [-0.2, -0.15) is 8.78 Å². The first-order valence-electron chi connectivity index (χ1n) is 6.30. The van der Waals surface area contributed by atoms with Crippen LogP contribution in [0.25, 0.3) is 6.08 Å². The molecule has 0 radical (unpaired) electrons. The molecular weight excluding hydrogens is 300 g/mol. The Morgan fingerprint density at radius 3 is 2.05 bits per heavy atom. The Balaban J connectivity index is 2.52. The van der Waals surface area contributed by atoms with Crippen molar-refractivity contribution in [1.29, 1.82) is 0 Å². The van der Waals surface area contributed by atoms with Crippen LogP contribution in [-0.2, 0) is 0 Å². The van der Waals surface area contributed by atoms with Gasteiger partial charge in [-0.05, 0) is 19.1 Å². The third kappa shape index (κ3) is 2.90. The summed E-state index contributed by atoms with van der Waals surface area (Å²) in [5.41, 5.74) is -0.796. The first kappa shape index (κ1) is 15.9. The molecule has 0 fully saturated rings. The van der Waals surface area contributed by atoms with Crippen LogP contribution in [0.5, 0.6) is 17.2 Å². The van der Waals surface area contributed by atoms with Crippen LogP contribution in [0.3, 0.4) is 0 Å². The SMILES string of the molecule is CC=Cc1c(F)c(F)c(Oc2cccc(OC)c2)c(F)c1F. The first-order valence-corrected chi connectivity index (χ1v) is 6.30. The molecule has 0 heterocycles. The lowest BCUT2D eigenvalue weighted by molar-refractivity contribution is 0.361. The summed E-state index contributed by atoms with van der Waals surface area (Å²) in [4.78, 5) is 0. The highest BCUT2D eigenvalue weighted by Gasteiger charge is 2.25. The van der Waals surface area contributed by atoms with Crippen molar-refractivity contribution in [2.24, 2.45) is 0 Å². The van der Waals surface area contributed by atoms with E-state index in [0.29, 0.717) is 5.75 Å². The Morgan fingerprint density at radius 2 is 1.50 bits per heavy atom. The van der Waals surface area contributed by atoms with Crippen LogP contribution in [0, 0.1) is 23.3 Å². The molecule has 2 aromatic carbocycles. The molecule has 0 atom stereocenters. The van der Waals surface area contributed by atoms with Crippen LogP contribution in [0.1, 0.15) is 12.5 Å². The van der Waals surface area contributed by atoms with Gasteiger partial charge in [0.25, 0.3) is 0 Å². The summed E-state index contributed by atoms with van der Waals surface area (Å²) in [6.07, 6.45) is 2.20. The minimum Gasteiger partial charge on any atom is -0.497 e. The summed E-state index contributed by atoms with van der Waals surface area (Å²) in [6, 6.07) is 5.78. The molecule has 0 saturated heterocycles. The maximum atomic E-state index is 13.9. The number of rotatable bonds is 4. The van der Waals surface area contributed by atoms with Crippen molar-refractivity contribution in [1.82, 2.24) is 0 Å². The van der Waals surface area contributed by atoms with Crippen molar-refractivity contribution in [2.75, 3.05) is 7.11 Å². The fourth-order valence-corrected chi connectivity index (χ4v) is 1.81. The van der Waals surface area contributed by atoms with Crippen LogP contribution in [0.2, 0.25) is 0 Å². The largest absolute Gasteiger partial charge is 0.497 e. The second kappa shape index (κ2) is 6.51. The molecule has 0 aliphatic rings. The van der Waals surface area contributed by atoms with Gasteiger partial charge in [0.2, 0.25) is 17.4 Å². The zero-order valence-electron chi connectivity index (χ0n) is 11.8. The monoisotopic (exact) mass is 312 g/mol. The van der Waals surface area contributed by atoms with Crippen molar-refractivity contribution in [3.8, 4) is 17.2 Å². The number of hydrogen-bond acceptors (Lipinski definition) is 2. The number of allylic oxidation sites excluding steroid dienone is 1. The predicted molar refractivity (Wildman–Crippen MR) is 74.1 cm³/mol. The van der Waals surface area contributed by atoms with E-state index in [1.54, 1.807) is 6.07 Å². The van der Waals surface area contributed by atoms with Gasteiger partial charge in [0.15, 0.2) is 11.6 Å². The van der Waals surface area contributed by atoms with Crippen LogP contribution in [0.15, 0.2) is 30.3 Å². The lowest BCUT2D eigenvalue weighted by Gasteiger charge is -2.12. The number of ether oxygens (including phenoxy) is 2. The van der Waals surface area contributed by atoms with E-state index in [-0.39, 0.29) is 5.75 Å². The van der Waals surface area contributed by atoms with Gasteiger partial charge in [-0.15, -0.1) is 0 Å². The molecule has 0 spiro atoms. The van der Waals surface area contributed by atoms with E-state index in [4.69, 9.17) is 9.47 Å². The van der Waals surface area contributed by atoms with E-state index >= 15 is 0 Å². The zero-order chi connectivity index (χ0) is 16.3. The summed E-state index contributed by atoms with van der Waals surface area (Å²) in [5.74, 6) is -7.04. The van der Waals surface area contributed by atoms with Gasteiger partial charge in [0.1, 0.15) is 11.5 Å². The summed E-state index contributed by atoms with van der Waals surface area (Å²) in [6.45, 7) is 1.47. The average Bonchev–Trinajstić information content (AvgIpc) is 2.54. The van der Waals surface area contributed by atoms with Gasteiger partial charge in [0.05, 0.1) is 12.7 Å². The number of hydrogen-bond donors (Lipinski definition) is 0. The highest BCUT2D eigenvalue weighted by Crippen LogP contribution is 2.34. The molecule has 0 aliphatic carbocycles. The molecule has 2 nitrogen and oxygen atoms in total. The zero-order valence-corrected chi connectivity index (χ0v) is 11.8. The van der Waals surface area contributed by atoms with E-state index in [0.717, 1.165) is 6.08 Å².